The van der Waals surface area contributed by atoms with Crippen molar-refractivity contribution in [1.82, 2.24) is 9.78 Å². The number of halogens is 3. The average Bonchev–Trinajstić information content (AvgIpc) is 3.11. The molecule has 1 heterocycles. The third-order valence-corrected chi connectivity index (χ3v) is 5.01. The number of rotatable bonds is 5. The fourth-order valence-electron chi connectivity index (χ4n) is 3.62. The van der Waals surface area contributed by atoms with Gasteiger partial charge in [-0.1, -0.05) is 37.1 Å². The molecule has 0 aliphatic heterocycles. The molecule has 0 radical (unpaired) electrons. The van der Waals surface area contributed by atoms with Gasteiger partial charge in [-0.05, 0) is 29.9 Å². The first kappa shape index (κ1) is 19.1. The number of carboxylic acids is 1. The van der Waals surface area contributed by atoms with Crippen LogP contribution in [0.3, 0.4) is 0 Å². The SMILES string of the molecule is O=C(O)C(c1ccc(Cn2ncc(C(F)(F)F)cc2=O)cc1)C1CCCC1. The number of aromatic nitrogens is 2. The molecule has 8 heteroatoms. The number of alkyl halides is 3. The lowest BCUT2D eigenvalue weighted by molar-refractivity contribution is -0.140. The van der Waals surface area contributed by atoms with Gasteiger partial charge in [0.1, 0.15) is 0 Å². The van der Waals surface area contributed by atoms with Crippen molar-refractivity contribution < 1.29 is 23.1 Å². The zero-order valence-corrected chi connectivity index (χ0v) is 14.4. The molecule has 0 spiro atoms. The van der Waals surface area contributed by atoms with Gasteiger partial charge in [0.2, 0.25) is 0 Å². The lowest BCUT2D eigenvalue weighted by Gasteiger charge is -2.20. The zero-order chi connectivity index (χ0) is 19.6. The molecule has 0 bridgehead atoms. The van der Waals surface area contributed by atoms with E-state index in [4.69, 9.17) is 0 Å². The largest absolute Gasteiger partial charge is 0.481 e. The van der Waals surface area contributed by atoms with Crippen LogP contribution >= 0.6 is 0 Å². The zero-order valence-electron chi connectivity index (χ0n) is 14.4. The fourth-order valence-corrected chi connectivity index (χ4v) is 3.62. The summed E-state index contributed by atoms with van der Waals surface area (Å²) < 4.78 is 38.8. The molecule has 1 N–H and O–H groups in total. The van der Waals surface area contributed by atoms with Gasteiger partial charge in [-0.3, -0.25) is 9.59 Å². The summed E-state index contributed by atoms with van der Waals surface area (Å²) in [7, 11) is 0. The molecular weight excluding hydrogens is 361 g/mol. The Balaban J connectivity index is 1.78. The van der Waals surface area contributed by atoms with E-state index in [9.17, 15) is 27.9 Å². The van der Waals surface area contributed by atoms with Gasteiger partial charge in [-0.25, -0.2) is 4.68 Å². The molecule has 1 aliphatic carbocycles. The van der Waals surface area contributed by atoms with E-state index in [1.165, 1.54) is 0 Å². The van der Waals surface area contributed by atoms with Crippen molar-refractivity contribution in [3.8, 4) is 0 Å². The lowest BCUT2D eigenvalue weighted by Crippen LogP contribution is -2.25. The smallest absolute Gasteiger partial charge is 0.418 e. The number of hydrogen-bond donors (Lipinski definition) is 1. The van der Waals surface area contributed by atoms with Crippen molar-refractivity contribution in [3.63, 3.8) is 0 Å². The van der Waals surface area contributed by atoms with Crippen molar-refractivity contribution in [2.75, 3.05) is 0 Å². The van der Waals surface area contributed by atoms with Gasteiger partial charge in [-0.15, -0.1) is 0 Å². The first-order valence-electron chi connectivity index (χ1n) is 8.71. The minimum absolute atomic E-state index is 0.0123. The summed E-state index contributed by atoms with van der Waals surface area (Å²) in [6, 6.07) is 7.31. The highest BCUT2D eigenvalue weighted by molar-refractivity contribution is 5.76. The topological polar surface area (TPSA) is 72.2 Å². The van der Waals surface area contributed by atoms with E-state index in [-0.39, 0.29) is 12.5 Å². The first-order chi connectivity index (χ1) is 12.8. The Labute approximate surface area is 153 Å². The van der Waals surface area contributed by atoms with E-state index in [0.29, 0.717) is 23.4 Å². The van der Waals surface area contributed by atoms with Gasteiger partial charge < -0.3 is 5.11 Å². The summed E-state index contributed by atoms with van der Waals surface area (Å²) in [5.41, 5.74) is -0.572. The molecule has 1 atom stereocenters. The third-order valence-electron chi connectivity index (χ3n) is 5.01. The maximum absolute atomic E-state index is 12.6. The quantitative estimate of drug-likeness (QED) is 0.859. The molecule has 3 rings (SSSR count). The van der Waals surface area contributed by atoms with Crippen LogP contribution in [0.1, 0.15) is 48.3 Å². The van der Waals surface area contributed by atoms with Crippen molar-refractivity contribution >= 4 is 5.97 Å². The monoisotopic (exact) mass is 380 g/mol. The Morgan fingerprint density at radius 1 is 1.22 bits per heavy atom. The van der Waals surface area contributed by atoms with Crippen LogP contribution in [-0.4, -0.2) is 20.9 Å². The number of aliphatic carboxylic acids is 1. The minimum Gasteiger partial charge on any atom is -0.481 e. The van der Waals surface area contributed by atoms with Crippen LogP contribution < -0.4 is 5.56 Å². The second-order valence-corrected chi connectivity index (χ2v) is 6.84. The molecule has 1 saturated carbocycles. The van der Waals surface area contributed by atoms with Crippen molar-refractivity contribution in [2.45, 2.75) is 44.3 Å². The van der Waals surface area contributed by atoms with Crippen LogP contribution in [0.2, 0.25) is 0 Å². The van der Waals surface area contributed by atoms with E-state index in [0.717, 1.165) is 30.4 Å². The van der Waals surface area contributed by atoms with Crippen LogP contribution in [-0.2, 0) is 17.5 Å². The van der Waals surface area contributed by atoms with Crippen molar-refractivity contribution in [3.05, 3.63) is 63.6 Å². The fraction of sp³-hybridized carbons (Fsp3) is 0.421. The molecule has 5 nitrogen and oxygen atoms in total. The molecule has 0 amide bonds. The Hall–Kier alpha value is -2.64. The van der Waals surface area contributed by atoms with Crippen LogP contribution in [0.25, 0.3) is 0 Å². The molecule has 27 heavy (non-hydrogen) atoms. The lowest BCUT2D eigenvalue weighted by atomic mass is 9.84. The van der Waals surface area contributed by atoms with Gasteiger partial charge in [0.15, 0.2) is 0 Å². The Morgan fingerprint density at radius 2 is 1.85 bits per heavy atom. The Morgan fingerprint density at radius 3 is 2.37 bits per heavy atom. The maximum atomic E-state index is 12.6. The normalized spacial score (nSPS) is 16.4. The second-order valence-electron chi connectivity index (χ2n) is 6.84. The molecule has 1 aliphatic rings. The third kappa shape index (κ3) is 4.37. The van der Waals surface area contributed by atoms with E-state index in [2.05, 4.69) is 5.10 Å². The van der Waals surface area contributed by atoms with Gasteiger partial charge in [-0.2, -0.15) is 18.3 Å². The number of nitrogens with zero attached hydrogens (tertiary/aromatic N) is 2. The van der Waals surface area contributed by atoms with Gasteiger partial charge in [0.25, 0.3) is 5.56 Å². The number of benzene rings is 1. The van der Waals surface area contributed by atoms with Crippen molar-refractivity contribution in [1.29, 1.82) is 0 Å². The Bertz CT molecular complexity index is 869. The molecule has 1 fully saturated rings. The number of carbonyl (C=O) groups is 1. The van der Waals surface area contributed by atoms with Gasteiger partial charge >= 0.3 is 12.1 Å². The van der Waals surface area contributed by atoms with Crippen LogP contribution in [0.5, 0.6) is 0 Å². The molecule has 144 valence electrons. The van der Waals surface area contributed by atoms with Gasteiger partial charge in [0, 0.05) is 6.07 Å². The Kier molecular flexibility index (Phi) is 5.34. The highest BCUT2D eigenvalue weighted by Gasteiger charge is 2.32. The molecule has 1 aromatic heterocycles. The standard InChI is InChI=1S/C19H19F3N2O3/c20-19(21,22)15-9-16(25)24(23-10-15)11-12-5-7-14(8-6-12)17(18(26)27)13-3-1-2-4-13/h5-10,13,17H,1-4,11H2,(H,26,27). The first-order valence-corrected chi connectivity index (χ1v) is 8.71. The van der Waals surface area contributed by atoms with Crippen LogP contribution in [0, 0.1) is 5.92 Å². The summed E-state index contributed by atoms with van der Waals surface area (Å²) in [6.45, 7) is 0.0123. The molecule has 1 unspecified atom stereocenters. The molecule has 2 aromatic rings. The van der Waals surface area contributed by atoms with Crippen molar-refractivity contribution in [2.24, 2.45) is 5.92 Å². The van der Waals surface area contributed by atoms with E-state index >= 15 is 0 Å². The van der Waals surface area contributed by atoms with E-state index in [1.54, 1.807) is 24.3 Å². The molecule has 1 aromatic carbocycles. The summed E-state index contributed by atoms with van der Waals surface area (Å²) in [4.78, 5) is 23.5. The summed E-state index contributed by atoms with van der Waals surface area (Å²) in [5, 5.41) is 13.2. The highest BCUT2D eigenvalue weighted by atomic mass is 19.4. The highest BCUT2D eigenvalue weighted by Crippen LogP contribution is 2.37. The second kappa shape index (κ2) is 7.54. The average molecular weight is 380 g/mol. The van der Waals surface area contributed by atoms with Crippen LogP contribution in [0.4, 0.5) is 13.2 Å². The maximum Gasteiger partial charge on any atom is 0.418 e. The number of carboxylic acid groups (broad SMARTS) is 1. The summed E-state index contributed by atoms with van der Waals surface area (Å²) in [5.74, 6) is -1.30. The predicted molar refractivity (Wildman–Crippen MR) is 91.4 cm³/mol. The van der Waals surface area contributed by atoms with Crippen LogP contribution in [0.15, 0.2) is 41.3 Å². The van der Waals surface area contributed by atoms with E-state index in [1.807, 2.05) is 0 Å². The predicted octanol–water partition coefficient (Wildman–Crippen LogP) is 3.67. The summed E-state index contributed by atoms with van der Waals surface area (Å²) >= 11 is 0. The summed E-state index contributed by atoms with van der Waals surface area (Å²) in [6.07, 6.45) is -0.132. The minimum atomic E-state index is -4.61. The number of hydrogen-bond acceptors (Lipinski definition) is 3. The molecule has 0 saturated heterocycles. The van der Waals surface area contributed by atoms with E-state index < -0.39 is 29.2 Å². The molecular formula is C19H19F3N2O3. The van der Waals surface area contributed by atoms with Gasteiger partial charge in [0.05, 0.1) is 24.2 Å².